The molecular formula is C24H22N2O5. The molecule has 0 radical (unpaired) electrons. The first kappa shape index (κ1) is 21.6. The first-order valence-electron chi connectivity index (χ1n) is 9.52. The summed E-state index contributed by atoms with van der Waals surface area (Å²) >= 11 is 0. The van der Waals surface area contributed by atoms with Crippen LogP contribution in [-0.4, -0.2) is 31.8 Å². The van der Waals surface area contributed by atoms with E-state index in [2.05, 4.69) is 10.5 Å². The minimum atomic E-state index is -0.488. The van der Waals surface area contributed by atoms with Crippen LogP contribution in [0.4, 0.5) is 0 Å². The van der Waals surface area contributed by atoms with Crippen molar-refractivity contribution < 1.29 is 23.8 Å². The molecule has 158 valence electrons. The highest BCUT2D eigenvalue weighted by molar-refractivity contribution is 5.91. The monoisotopic (exact) mass is 418 g/mol. The SMILES string of the molecule is COc1ccc(C(=O)Oc2cccc(C=NNC(=O)COc3ccccc3C)c2)cc1. The first-order chi connectivity index (χ1) is 15.0. The van der Waals surface area contributed by atoms with E-state index in [1.165, 1.54) is 6.21 Å². The fourth-order valence-corrected chi connectivity index (χ4v) is 2.62. The highest BCUT2D eigenvalue weighted by atomic mass is 16.5. The fraction of sp³-hybridized carbons (Fsp3) is 0.125. The number of rotatable bonds is 8. The number of hydrogen-bond acceptors (Lipinski definition) is 6. The molecule has 0 aliphatic carbocycles. The molecule has 1 N–H and O–H groups in total. The third-order valence-corrected chi connectivity index (χ3v) is 4.25. The van der Waals surface area contributed by atoms with E-state index in [0.29, 0.717) is 28.4 Å². The Morgan fingerprint density at radius 1 is 0.968 bits per heavy atom. The molecule has 0 saturated carbocycles. The molecule has 0 heterocycles. The molecule has 0 unspecified atom stereocenters. The van der Waals surface area contributed by atoms with Gasteiger partial charge >= 0.3 is 5.97 Å². The number of nitrogens with one attached hydrogen (secondary N) is 1. The van der Waals surface area contributed by atoms with Crippen molar-refractivity contribution in [2.45, 2.75) is 6.92 Å². The van der Waals surface area contributed by atoms with E-state index in [1.54, 1.807) is 61.7 Å². The van der Waals surface area contributed by atoms with Crippen LogP contribution in [0.3, 0.4) is 0 Å². The molecule has 31 heavy (non-hydrogen) atoms. The maximum absolute atomic E-state index is 12.3. The Balaban J connectivity index is 1.52. The molecule has 0 aromatic heterocycles. The average Bonchev–Trinajstić information content (AvgIpc) is 2.79. The van der Waals surface area contributed by atoms with Crippen LogP contribution in [0, 0.1) is 6.92 Å². The lowest BCUT2D eigenvalue weighted by atomic mass is 10.2. The van der Waals surface area contributed by atoms with Crippen LogP contribution in [0.1, 0.15) is 21.5 Å². The maximum atomic E-state index is 12.3. The Morgan fingerprint density at radius 2 is 1.74 bits per heavy atom. The zero-order chi connectivity index (χ0) is 22.1. The van der Waals surface area contributed by atoms with Gasteiger partial charge in [0.25, 0.3) is 5.91 Å². The molecule has 7 heteroatoms. The van der Waals surface area contributed by atoms with Gasteiger partial charge in [0.05, 0.1) is 18.9 Å². The summed E-state index contributed by atoms with van der Waals surface area (Å²) in [6.07, 6.45) is 1.45. The Labute approximate surface area is 180 Å². The standard InChI is InChI=1S/C24H22N2O5/c1-17-6-3-4-9-22(17)30-16-23(27)26-25-15-18-7-5-8-21(14-18)31-24(28)19-10-12-20(29-2)13-11-19/h3-15H,16H2,1-2H3,(H,26,27). The van der Waals surface area contributed by atoms with E-state index in [0.717, 1.165) is 5.56 Å². The van der Waals surface area contributed by atoms with Crippen molar-refractivity contribution in [1.82, 2.24) is 5.43 Å². The first-order valence-corrected chi connectivity index (χ1v) is 9.52. The quantitative estimate of drug-likeness (QED) is 0.261. The number of nitrogens with zero attached hydrogens (tertiary/aromatic N) is 1. The average molecular weight is 418 g/mol. The Kier molecular flexibility index (Phi) is 7.37. The van der Waals surface area contributed by atoms with Crippen molar-refractivity contribution in [3.63, 3.8) is 0 Å². The van der Waals surface area contributed by atoms with Crippen molar-refractivity contribution in [1.29, 1.82) is 0 Å². The smallest absolute Gasteiger partial charge is 0.343 e. The fourth-order valence-electron chi connectivity index (χ4n) is 2.62. The highest BCUT2D eigenvalue weighted by Gasteiger charge is 2.09. The Morgan fingerprint density at radius 3 is 2.48 bits per heavy atom. The van der Waals surface area contributed by atoms with Gasteiger partial charge in [-0.25, -0.2) is 10.2 Å². The van der Waals surface area contributed by atoms with Crippen molar-refractivity contribution in [2.24, 2.45) is 5.10 Å². The van der Waals surface area contributed by atoms with Crippen LogP contribution in [0.2, 0.25) is 0 Å². The van der Waals surface area contributed by atoms with Crippen molar-refractivity contribution >= 4 is 18.1 Å². The zero-order valence-electron chi connectivity index (χ0n) is 17.2. The number of benzene rings is 3. The van der Waals surface area contributed by atoms with Crippen molar-refractivity contribution in [3.8, 4) is 17.2 Å². The molecular weight excluding hydrogens is 396 g/mol. The summed E-state index contributed by atoms with van der Waals surface area (Å²) in [4.78, 5) is 24.2. The van der Waals surface area contributed by atoms with Crippen molar-refractivity contribution in [3.05, 3.63) is 89.5 Å². The number of esters is 1. The van der Waals surface area contributed by atoms with Crippen molar-refractivity contribution in [2.75, 3.05) is 13.7 Å². The number of amides is 1. The molecule has 0 spiro atoms. The second-order valence-corrected chi connectivity index (χ2v) is 6.54. The summed E-state index contributed by atoms with van der Waals surface area (Å²) in [6.45, 7) is 1.75. The lowest BCUT2D eigenvalue weighted by Gasteiger charge is -2.07. The second kappa shape index (κ2) is 10.6. The Hall–Kier alpha value is -4.13. The minimum absolute atomic E-state index is 0.151. The number of para-hydroxylation sites is 1. The lowest BCUT2D eigenvalue weighted by Crippen LogP contribution is -2.24. The summed E-state index contributed by atoms with van der Waals surface area (Å²) in [7, 11) is 1.56. The molecule has 3 aromatic rings. The van der Waals surface area contributed by atoms with E-state index < -0.39 is 5.97 Å². The van der Waals surface area contributed by atoms with Gasteiger partial charge in [0, 0.05) is 0 Å². The normalized spacial score (nSPS) is 10.5. The van der Waals surface area contributed by atoms with Crippen LogP contribution in [0.15, 0.2) is 77.9 Å². The third kappa shape index (κ3) is 6.43. The summed E-state index contributed by atoms with van der Waals surface area (Å²) < 4.78 is 15.9. The molecule has 7 nitrogen and oxygen atoms in total. The molecule has 0 aliphatic rings. The van der Waals surface area contributed by atoms with E-state index in [9.17, 15) is 9.59 Å². The number of methoxy groups -OCH3 is 1. The van der Waals surface area contributed by atoms with Gasteiger partial charge in [-0.15, -0.1) is 0 Å². The maximum Gasteiger partial charge on any atom is 0.343 e. The topological polar surface area (TPSA) is 86.2 Å². The van der Waals surface area contributed by atoms with Crippen LogP contribution < -0.4 is 19.6 Å². The van der Waals surface area contributed by atoms with Gasteiger partial charge in [-0.3, -0.25) is 4.79 Å². The van der Waals surface area contributed by atoms with Crippen LogP contribution >= 0.6 is 0 Å². The van der Waals surface area contributed by atoms with Gasteiger partial charge in [0.15, 0.2) is 6.61 Å². The predicted molar refractivity (Wildman–Crippen MR) is 117 cm³/mol. The summed E-state index contributed by atoms with van der Waals surface area (Å²) in [5.74, 6) is 0.785. The summed E-state index contributed by atoms with van der Waals surface area (Å²) in [5.41, 5.74) is 4.40. The zero-order valence-corrected chi connectivity index (χ0v) is 17.2. The molecule has 0 aliphatic heterocycles. The number of hydrazone groups is 1. The van der Waals surface area contributed by atoms with E-state index >= 15 is 0 Å². The highest BCUT2D eigenvalue weighted by Crippen LogP contribution is 2.17. The predicted octanol–water partition coefficient (Wildman–Crippen LogP) is 3.75. The molecule has 3 aromatic carbocycles. The number of carbonyl (C=O) groups is 2. The largest absolute Gasteiger partial charge is 0.497 e. The van der Waals surface area contributed by atoms with Crippen LogP contribution in [0.25, 0.3) is 0 Å². The molecule has 0 saturated heterocycles. The van der Waals surface area contributed by atoms with Gasteiger partial charge in [0.1, 0.15) is 17.2 Å². The van der Waals surface area contributed by atoms with E-state index in [4.69, 9.17) is 14.2 Å². The van der Waals surface area contributed by atoms with Gasteiger partial charge in [0.2, 0.25) is 0 Å². The molecule has 1 amide bonds. The number of hydrogen-bond donors (Lipinski definition) is 1. The molecule has 0 bridgehead atoms. The Bertz CT molecular complexity index is 1080. The van der Waals surface area contributed by atoms with E-state index in [-0.39, 0.29) is 12.5 Å². The van der Waals surface area contributed by atoms with Gasteiger partial charge in [-0.1, -0.05) is 30.3 Å². The molecule has 0 atom stereocenters. The molecule has 3 rings (SSSR count). The van der Waals surface area contributed by atoms with Gasteiger partial charge in [-0.2, -0.15) is 5.10 Å². The third-order valence-electron chi connectivity index (χ3n) is 4.25. The number of carbonyl (C=O) groups excluding carboxylic acids is 2. The van der Waals surface area contributed by atoms with Crippen LogP contribution in [-0.2, 0) is 4.79 Å². The minimum Gasteiger partial charge on any atom is -0.497 e. The van der Waals surface area contributed by atoms with Gasteiger partial charge < -0.3 is 14.2 Å². The van der Waals surface area contributed by atoms with E-state index in [1.807, 2.05) is 25.1 Å². The number of aryl methyl sites for hydroxylation is 1. The van der Waals surface area contributed by atoms with Gasteiger partial charge in [-0.05, 0) is 60.5 Å². The lowest BCUT2D eigenvalue weighted by molar-refractivity contribution is -0.123. The second-order valence-electron chi connectivity index (χ2n) is 6.54. The summed E-state index contributed by atoms with van der Waals surface area (Å²) in [5, 5.41) is 3.91. The summed E-state index contributed by atoms with van der Waals surface area (Å²) in [6, 6.07) is 20.9. The van der Waals surface area contributed by atoms with Crippen LogP contribution in [0.5, 0.6) is 17.2 Å². The molecule has 0 fully saturated rings. The number of ether oxygens (including phenoxy) is 3.